The summed E-state index contributed by atoms with van der Waals surface area (Å²) in [5.41, 5.74) is 10.5. The molecule has 0 spiro atoms. The zero-order chi connectivity index (χ0) is 26.6. The van der Waals surface area contributed by atoms with Crippen molar-refractivity contribution in [3.8, 4) is 11.3 Å². The van der Waals surface area contributed by atoms with Crippen molar-refractivity contribution in [2.24, 2.45) is 0 Å². The Morgan fingerprint density at radius 1 is 1.11 bits per heavy atom. The van der Waals surface area contributed by atoms with Crippen LogP contribution in [-0.4, -0.2) is 45.0 Å². The molecule has 1 saturated heterocycles. The number of nitrogens with zero attached hydrogens (tertiary/aromatic N) is 3. The lowest BCUT2D eigenvalue weighted by Gasteiger charge is -2.29. The summed E-state index contributed by atoms with van der Waals surface area (Å²) >= 11 is 6.17. The molecule has 0 aliphatic carbocycles. The van der Waals surface area contributed by atoms with Crippen molar-refractivity contribution in [2.45, 2.75) is 38.0 Å². The molecule has 1 amide bonds. The number of benzene rings is 1. The Morgan fingerprint density at radius 3 is 2.63 bits per heavy atom. The number of hydrogen-bond donors (Lipinski definition) is 1. The minimum Gasteiger partial charge on any atom is -0.461 e. The lowest BCUT2D eigenvalue weighted by Crippen LogP contribution is -2.38. The number of nitrogen functional groups attached to an aromatic ring is 1. The number of carbonyl (C=O) groups excluding carboxylic acids is 2. The number of aryl methyl sites for hydroxylation is 2. The van der Waals surface area contributed by atoms with Crippen molar-refractivity contribution < 1.29 is 14.0 Å². The first-order valence-corrected chi connectivity index (χ1v) is 13.1. The summed E-state index contributed by atoms with van der Waals surface area (Å²) in [6.45, 7) is 3.34. The van der Waals surface area contributed by atoms with E-state index in [2.05, 4.69) is 9.97 Å². The molecule has 1 aliphatic rings. The molecule has 4 aromatic rings. The van der Waals surface area contributed by atoms with Gasteiger partial charge in [0.2, 0.25) is 0 Å². The summed E-state index contributed by atoms with van der Waals surface area (Å²) < 4.78 is 6.06. The number of amides is 1. The lowest BCUT2D eigenvalue weighted by molar-refractivity contribution is -0.114. The molecule has 0 bridgehead atoms. The number of pyridine rings is 2. The Morgan fingerprint density at radius 2 is 1.92 bits per heavy atom. The van der Waals surface area contributed by atoms with Gasteiger partial charge in [-0.1, -0.05) is 0 Å². The van der Waals surface area contributed by atoms with E-state index in [0.29, 0.717) is 37.3 Å². The summed E-state index contributed by atoms with van der Waals surface area (Å²) in [7, 11) is 0. The Balaban J connectivity index is 1.25. The van der Waals surface area contributed by atoms with Crippen molar-refractivity contribution in [1.82, 2.24) is 14.9 Å². The normalized spacial score (nSPS) is 14.4. The molecule has 2 N–H and O–H groups in total. The standard InChI is InChI=1S/C30H29ClN4O3/c1-19-14-22(27-8-4-21(18-33-27)30(37)35-12-10-24(31)11-13-35)15-23-16-26(38-29(19)23)7-6-25(36)5-2-20-3-9-28(32)34-17-20/h2-5,8-9,14-18,24H,6-7,10-13H2,1H3,(H2,32,34)/b5-2+. The van der Waals surface area contributed by atoms with Gasteiger partial charge in [0.25, 0.3) is 5.91 Å². The third-order valence-corrected chi connectivity index (χ3v) is 7.20. The van der Waals surface area contributed by atoms with Gasteiger partial charge in [0.05, 0.1) is 11.3 Å². The number of aromatic nitrogens is 2. The highest BCUT2D eigenvalue weighted by atomic mass is 35.5. The molecule has 3 aromatic heterocycles. The number of allylic oxidation sites excluding steroid dienone is 1. The van der Waals surface area contributed by atoms with E-state index in [1.165, 1.54) is 0 Å². The molecular weight excluding hydrogens is 500 g/mol. The van der Waals surface area contributed by atoms with Crippen molar-refractivity contribution in [3.05, 3.63) is 83.4 Å². The maximum Gasteiger partial charge on any atom is 0.255 e. The van der Waals surface area contributed by atoms with E-state index in [-0.39, 0.29) is 17.1 Å². The molecule has 194 valence electrons. The number of fused-ring (bicyclic) bond motifs is 1. The molecule has 1 aromatic carbocycles. The molecule has 0 saturated carbocycles. The molecule has 38 heavy (non-hydrogen) atoms. The second-order valence-electron chi connectivity index (χ2n) is 9.64. The predicted octanol–water partition coefficient (Wildman–Crippen LogP) is 5.84. The topological polar surface area (TPSA) is 102 Å². The van der Waals surface area contributed by atoms with Crippen LogP contribution in [0.5, 0.6) is 0 Å². The van der Waals surface area contributed by atoms with Crippen LogP contribution in [0.1, 0.15) is 46.5 Å². The second-order valence-corrected chi connectivity index (χ2v) is 10.3. The van der Waals surface area contributed by atoms with E-state index >= 15 is 0 Å². The van der Waals surface area contributed by atoms with Gasteiger partial charge >= 0.3 is 0 Å². The Kier molecular flexibility index (Phi) is 7.56. The fourth-order valence-corrected chi connectivity index (χ4v) is 4.81. The number of anilines is 1. The zero-order valence-corrected chi connectivity index (χ0v) is 21.9. The van der Waals surface area contributed by atoms with E-state index in [0.717, 1.165) is 52.0 Å². The fraction of sp³-hybridized carbons (Fsp3) is 0.267. The summed E-state index contributed by atoms with van der Waals surface area (Å²) in [6.07, 6.45) is 9.03. The van der Waals surface area contributed by atoms with Gasteiger partial charge < -0.3 is 15.1 Å². The van der Waals surface area contributed by atoms with Gasteiger partial charge in [0.15, 0.2) is 5.78 Å². The van der Waals surface area contributed by atoms with Gasteiger partial charge in [-0.05, 0) is 85.5 Å². The third kappa shape index (κ3) is 5.94. The first-order valence-electron chi connectivity index (χ1n) is 12.7. The summed E-state index contributed by atoms with van der Waals surface area (Å²) in [6, 6.07) is 13.3. The zero-order valence-electron chi connectivity index (χ0n) is 21.2. The minimum absolute atomic E-state index is 0.00515. The van der Waals surface area contributed by atoms with Crippen molar-refractivity contribution in [3.63, 3.8) is 0 Å². The van der Waals surface area contributed by atoms with E-state index in [1.54, 1.807) is 30.6 Å². The molecule has 8 heteroatoms. The number of likely N-dealkylation sites (tertiary alicyclic amines) is 1. The SMILES string of the molecule is Cc1cc(-c2ccc(C(=O)N3CCC(Cl)CC3)cn2)cc2cc(CCC(=O)/C=C/c3ccc(N)nc3)oc12. The molecular formula is C30H29ClN4O3. The Labute approximate surface area is 226 Å². The first kappa shape index (κ1) is 25.7. The van der Waals surface area contributed by atoms with E-state index < -0.39 is 0 Å². The highest BCUT2D eigenvalue weighted by Gasteiger charge is 2.22. The van der Waals surface area contributed by atoms with Crippen molar-refractivity contribution in [1.29, 1.82) is 0 Å². The van der Waals surface area contributed by atoms with Gasteiger partial charge in [-0.3, -0.25) is 14.6 Å². The number of ketones is 1. The van der Waals surface area contributed by atoms with Gasteiger partial charge in [-0.2, -0.15) is 0 Å². The van der Waals surface area contributed by atoms with Crippen LogP contribution in [0.2, 0.25) is 0 Å². The van der Waals surface area contributed by atoms with Gasteiger partial charge in [-0.15, -0.1) is 11.6 Å². The van der Waals surface area contributed by atoms with Crippen LogP contribution in [0.4, 0.5) is 5.82 Å². The number of halogens is 1. The van der Waals surface area contributed by atoms with Crippen LogP contribution in [0, 0.1) is 6.92 Å². The van der Waals surface area contributed by atoms with Crippen molar-refractivity contribution in [2.75, 3.05) is 18.8 Å². The Bertz CT molecular complexity index is 1480. The number of nitrogens with two attached hydrogens (primary N) is 1. The highest BCUT2D eigenvalue weighted by molar-refractivity contribution is 6.20. The molecule has 7 nitrogen and oxygen atoms in total. The quantitative estimate of drug-likeness (QED) is 0.239. The average molecular weight is 529 g/mol. The first-order chi connectivity index (χ1) is 18.4. The van der Waals surface area contributed by atoms with Crippen molar-refractivity contribution >= 4 is 46.2 Å². The van der Waals surface area contributed by atoms with Crippen LogP contribution in [0.25, 0.3) is 28.3 Å². The molecule has 5 rings (SSSR count). The average Bonchev–Trinajstić information content (AvgIpc) is 3.35. The maximum absolute atomic E-state index is 12.8. The molecule has 0 radical (unpaired) electrons. The molecule has 1 fully saturated rings. The number of rotatable bonds is 7. The van der Waals surface area contributed by atoms with Crippen LogP contribution >= 0.6 is 11.6 Å². The smallest absolute Gasteiger partial charge is 0.255 e. The Hall–Kier alpha value is -3.97. The van der Waals surface area contributed by atoms with Gasteiger partial charge in [0, 0.05) is 54.7 Å². The number of furan rings is 1. The molecule has 1 aliphatic heterocycles. The monoisotopic (exact) mass is 528 g/mol. The summed E-state index contributed by atoms with van der Waals surface area (Å²) in [5, 5.41) is 1.10. The van der Waals surface area contributed by atoms with E-state index in [9.17, 15) is 9.59 Å². The molecule has 0 unspecified atom stereocenters. The lowest BCUT2D eigenvalue weighted by atomic mass is 10.0. The number of alkyl halides is 1. The number of carbonyl (C=O) groups is 2. The van der Waals surface area contributed by atoms with Gasteiger partial charge in [0.1, 0.15) is 17.2 Å². The summed E-state index contributed by atoms with van der Waals surface area (Å²) in [4.78, 5) is 35.6. The van der Waals surface area contributed by atoms with E-state index in [4.69, 9.17) is 21.8 Å². The fourth-order valence-electron chi connectivity index (χ4n) is 4.61. The summed E-state index contributed by atoms with van der Waals surface area (Å²) in [5.74, 6) is 1.20. The van der Waals surface area contributed by atoms with Crippen LogP contribution < -0.4 is 5.73 Å². The van der Waals surface area contributed by atoms with Crippen LogP contribution in [-0.2, 0) is 11.2 Å². The minimum atomic E-state index is -0.00625. The van der Waals surface area contributed by atoms with E-state index in [1.807, 2.05) is 48.2 Å². The van der Waals surface area contributed by atoms with Crippen LogP contribution in [0.3, 0.4) is 0 Å². The number of piperidine rings is 1. The molecule has 0 atom stereocenters. The number of hydrogen-bond acceptors (Lipinski definition) is 6. The second kappa shape index (κ2) is 11.2. The largest absolute Gasteiger partial charge is 0.461 e. The predicted molar refractivity (Wildman–Crippen MR) is 150 cm³/mol. The van der Waals surface area contributed by atoms with Crippen LogP contribution in [0.15, 0.2) is 65.4 Å². The van der Waals surface area contributed by atoms with Gasteiger partial charge in [-0.25, -0.2) is 4.98 Å². The molecule has 4 heterocycles. The third-order valence-electron chi connectivity index (χ3n) is 6.76. The highest BCUT2D eigenvalue weighted by Crippen LogP contribution is 2.30. The maximum atomic E-state index is 12.8.